The molecule has 0 spiro atoms. The summed E-state index contributed by atoms with van der Waals surface area (Å²) in [6.45, 7) is 6.34. The number of nitrogens with zero attached hydrogens (tertiary/aromatic N) is 2. The van der Waals surface area contributed by atoms with Crippen molar-refractivity contribution in [1.29, 1.82) is 0 Å². The topological polar surface area (TPSA) is 25.8 Å². The fourth-order valence-corrected chi connectivity index (χ4v) is 3.38. The van der Waals surface area contributed by atoms with Crippen LogP contribution in [-0.2, 0) is 6.42 Å². The maximum Gasteiger partial charge on any atom is 0.169 e. The molecule has 0 amide bonds. The van der Waals surface area contributed by atoms with Gasteiger partial charge in [0.25, 0.3) is 0 Å². The molecule has 2 nitrogen and oxygen atoms in total. The summed E-state index contributed by atoms with van der Waals surface area (Å²) in [5, 5.41) is 2.27. The lowest BCUT2D eigenvalue weighted by Gasteiger charge is -2.07. The normalized spacial score (nSPS) is 15.1. The molecule has 0 atom stereocenters. The Morgan fingerprint density at radius 3 is 2.44 bits per heavy atom. The minimum Gasteiger partial charge on any atom is -0.232 e. The second kappa shape index (κ2) is 4.47. The number of rotatable bonds is 3. The molecule has 1 aliphatic carbocycles. The van der Waals surface area contributed by atoms with Crippen molar-refractivity contribution in [3.63, 3.8) is 0 Å². The molecule has 0 bridgehead atoms. The average molecular weight is 258 g/mol. The Balaban J connectivity index is 1.99. The van der Waals surface area contributed by atoms with Gasteiger partial charge in [0, 0.05) is 11.4 Å². The zero-order valence-electron chi connectivity index (χ0n) is 11.2. The molecule has 0 saturated heterocycles. The van der Waals surface area contributed by atoms with E-state index in [1.54, 1.807) is 11.3 Å². The molecule has 1 saturated carbocycles. The van der Waals surface area contributed by atoms with Crippen molar-refractivity contribution in [1.82, 2.24) is 9.97 Å². The van der Waals surface area contributed by atoms with Gasteiger partial charge in [0.1, 0.15) is 0 Å². The van der Waals surface area contributed by atoms with Gasteiger partial charge in [-0.15, -0.1) is 11.3 Å². The molecule has 0 N–H and O–H groups in total. The zero-order valence-corrected chi connectivity index (χ0v) is 12.0. The predicted octanol–water partition coefficient (Wildman–Crippen LogP) is 4.26. The Kier molecular flexibility index (Phi) is 2.94. The Morgan fingerprint density at radius 1 is 1.22 bits per heavy atom. The maximum absolute atomic E-state index is 4.67. The lowest BCUT2D eigenvalue weighted by atomic mass is 10.1. The summed E-state index contributed by atoms with van der Waals surface area (Å²) >= 11 is 1.78. The maximum atomic E-state index is 4.67. The number of aryl methyl sites for hydroxylation is 2. The van der Waals surface area contributed by atoms with Crippen LogP contribution in [0.1, 0.15) is 48.2 Å². The Bertz CT molecular complexity index is 559. The zero-order chi connectivity index (χ0) is 12.7. The highest BCUT2D eigenvalue weighted by Gasteiger charge is 2.25. The summed E-state index contributed by atoms with van der Waals surface area (Å²) < 4.78 is 0. The molecule has 2 aromatic heterocycles. The van der Waals surface area contributed by atoms with Gasteiger partial charge in [-0.3, -0.25) is 0 Å². The predicted molar refractivity (Wildman–Crippen MR) is 76.2 cm³/mol. The standard InChI is InChI=1S/C15H18N2S/c1-4-13-9(2)16-15(17-10(13)3)14-7-12(8-18-14)11-5-6-11/h7-8,11H,4-6H2,1-3H3. The lowest BCUT2D eigenvalue weighted by molar-refractivity contribution is 0.963. The van der Waals surface area contributed by atoms with E-state index in [-0.39, 0.29) is 0 Å². The number of aromatic nitrogens is 2. The van der Waals surface area contributed by atoms with Gasteiger partial charge in [0.2, 0.25) is 0 Å². The van der Waals surface area contributed by atoms with Gasteiger partial charge in [0.05, 0.1) is 4.88 Å². The van der Waals surface area contributed by atoms with E-state index in [2.05, 4.69) is 42.2 Å². The lowest BCUT2D eigenvalue weighted by Crippen LogP contribution is -2.00. The quantitative estimate of drug-likeness (QED) is 0.822. The van der Waals surface area contributed by atoms with Crippen molar-refractivity contribution in [2.75, 3.05) is 0 Å². The van der Waals surface area contributed by atoms with E-state index in [0.29, 0.717) is 0 Å². The van der Waals surface area contributed by atoms with E-state index >= 15 is 0 Å². The SMILES string of the molecule is CCc1c(C)nc(-c2cc(C3CC3)cs2)nc1C. The van der Waals surface area contributed by atoms with Crippen molar-refractivity contribution in [2.24, 2.45) is 0 Å². The van der Waals surface area contributed by atoms with Gasteiger partial charge in [-0.2, -0.15) is 0 Å². The summed E-state index contributed by atoms with van der Waals surface area (Å²) in [6.07, 6.45) is 3.71. The first kappa shape index (κ1) is 11.8. The van der Waals surface area contributed by atoms with Crippen molar-refractivity contribution in [2.45, 2.75) is 46.0 Å². The summed E-state index contributed by atoms with van der Waals surface area (Å²) in [5.74, 6) is 1.71. The van der Waals surface area contributed by atoms with Crippen LogP contribution < -0.4 is 0 Å². The van der Waals surface area contributed by atoms with Gasteiger partial charge >= 0.3 is 0 Å². The van der Waals surface area contributed by atoms with Gasteiger partial charge in [-0.1, -0.05) is 6.92 Å². The molecule has 18 heavy (non-hydrogen) atoms. The first-order valence-corrected chi connectivity index (χ1v) is 7.50. The highest BCUT2D eigenvalue weighted by molar-refractivity contribution is 7.13. The monoisotopic (exact) mass is 258 g/mol. The minimum absolute atomic E-state index is 0.812. The van der Waals surface area contributed by atoms with Crippen molar-refractivity contribution < 1.29 is 0 Å². The van der Waals surface area contributed by atoms with Crippen LogP contribution in [-0.4, -0.2) is 9.97 Å². The van der Waals surface area contributed by atoms with Crippen LogP contribution in [0, 0.1) is 13.8 Å². The minimum atomic E-state index is 0.812. The number of hydrogen-bond acceptors (Lipinski definition) is 3. The molecule has 0 radical (unpaired) electrons. The van der Waals surface area contributed by atoms with Gasteiger partial charge < -0.3 is 0 Å². The van der Waals surface area contributed by atoms with Crippen LogP contribution in [0.25, 0.3) is 10.7 Å². The third kappa shape index (κ3) is 2.07. The van der Waals surface area contributed by atoms with E-state index in [9.17, 15) is 0 Å². The van der Waals surface area contributed by atoms with E-state index in [1.165, 1.54) is 28.8 Å². The summed E-state index contributed by atoms with van der Waals surface area (Å²) in [4.78, 5) is 10.5. The van der Waals surface area contributed by atoms with Crippen LogP contribution in [0.4, 0.5) is 0 Å². The van der Waals surface area contributed by atoms with E-state index < -0.39 is 0 Å². The fourth-order valence-electron chi connectivity index (χ4n) is 2.46. The van der Waals surface area contributed by atoms with Crippen molar-refractivity contribution in [3.8, 4) is 10.7 Å². The molecule has 2 heterocycles. The first-order chi connectivity index (χ1) is 8.69. The number of hydrogen-bond donors (Lipinski definition) is 0. The highest BCUT2D eigenvalue weighted by Crippen LogP contribution is 2.43. The molecule has 94 valence electrons. The van der Waals surface area contributed by atoms with Crippen LogP contribution in [0.3, 0.4) is 0 Å². The van der Waals surface area contributed by atoms with Crippen molar-refractivity contribution >= 4 is 11.3 Å². The molecule has 0 aromatic carbocycles. The Labute approximate surface area is 112 Å². The molecular weight excluding hydrogens is 240 g/mol. The molecule has 1 fully saturated rings. The van der Waals surface area contributed by atoms with Crippen molar-refractivity contribution in [3.05, 3.63) is 34.0 Å². The van der Waals surface area contributed by atoms with Gasteiger partial charge in [-0.05, 0) is 61.6 Å². The summed E-state index contributed by atoms with van der Waals surface area (Å²) in [6, 6.07) is 2.28. The highest BCUT2D eigenvalue weighted by atomic mass is 32.1. The molecule has 1 aliphatic rings. The van der Waals surface area contributed by atoms with Crippen LogP contribution in [0.2, 0.25) is 0 Å². The van der Waals surface area contributed by atoms with Gasteiger partial charge in [-0.25, -0.2) is 9.97 Å². The summed E-state index contributed by atoms with van der Waals surface area (Å²) in [5.41, 5.74) is 5.02. The molecule has 3 heteroatoms. The molecule has 3 rings (SSSR count). The second-order valence-corrected chi connectivity index (χ2v) is 5.98. The largest absolute Gasteiger partial charge is 0.232 e. The fraction of sp³-hybridized carbons (Fsp3) is 0.467. The Hall–Kier alpha value is -1.22. The molecular formula is C15H18N2S. The van der Waals surface area contributed by atoms with Gasteiger partial charge in [0.15, 0.2) is 5.82 Å². The molecule has 2 aromatic rings. The number of thiophene rings is 1. The Morgan fingerprint density at radius 2 is 1.89 bits per heavy atom. The smallest absolute Gasteiger partial charge is 0.169 e. The van der Waals surface area contributed by atoms with E-state index in [4.69, 9.17) is 0 Å². The average Bonchev–Trinajstić information content (AvgIpc) is 3.07. The van der Waals surface area contributed by atoms with E-state index in [0.717, 1.165) is 29.6 Å². The molecule has 0 unspecified atom stereocenters. The van der Waals surface area contributed by atoms with Crippen LogP contribution >= 0.6 is 11.3 Å². The van der Waals surface area contributed by atoms with Crippen LogP contribution in [0.5, 0.6) is 0 Å². The molecule has 0 aliphatic heterocycles. The third-order valence-electron chi connectivity index (χ3n) is 3.66. The third-order valence-corrected chi connectivity index (χ3v) is 4.61. The van der Waals surface area contributed by atoms with E-state index in [1.807, 2.05) is 0 Å². The summed E-state index contributed by atoms with van der Waals surface area (Å²) in [7, 11) is 0. The van der Waals surface area contributed by atoms with Crippen LogP contribution in [0.15, 0.2) is 11.4 Å². The second-order valence-electron chi connectivity index (χ2n) is 5.07. The first-order valence-electron chi connectivity index (χ1n) is 6.62.